The van der Waals surface area contributed by atoms with Gasteiger partial charge in [0.1, 0.15) is 23.1 Å². The summed E-state index contributed by atoms with van der Waals surface area (Å²) in [5, 5.41) is 4.07. The number of aromatic nitrogens is 1. The van der Waals surface area contributed by atoms with Gasteiger partial charge in [0, 0.05) is 35.8 Å². The van der Waals surface area contributed by atoms with E-state index in [1.54, 1.807) is 17.0 Å². The number of ether oxygens (including phenoxy) is 2. The van der Waals surface area contributed by atoms with E-state index in [4.69, 9.17) is 14.0 Å². The number of fused-ring (bicyclic) bond motifs is 3. The number of rotatable bonds is 6. The molecule has 1 aromatic heterocycles. The van der Waals surface area contributed by atoms with Gasteiger partial charge in [-0.05, 0) is 74.8 Å². The van der Waals surface area contributed by atoms with Crippen molar-refractivity contribution in [3.05, 3.63) is 70.5 Å². The number of benzene rings is 2. The van der Waals surface area contributed by atoms with Crippen molar-refractivity contribution in [2.75, 3.05) is 18.6 Å². The van der Waals surface area contributed by atoms with Crippen LogP contribution in [0.5, 0.6) is 0 Å². The molecule has 214 valence electrons. The van der Waals surface area contributed by atoms with Crippen LogP contribution in [0.2, 0.25) is 0 Å². The van der Waals surface area contributed by atoms with Crippen molar-refractivity contribution in [3.63, 3.8) is 0 Å². The third kappa shape index (κ3) is 4.58. The first-order chi connectivity index (χ1) is 19.9. The number of halogens is 2. The van der Waals surface area contributed by atoms with Gasteiger partial charge < -0.3 is 18.9 Å². The summed E-state index contributed by atoms with van der Waals surface area (Å²) in [7, 11) is 1.34. The standard InChI is InChI=1S/C31H31F2N3O5/c1-39-30(37)19-8-5-17-11-12-35(26(17)13-19)31(38)36-20-9-10-21(36)15-22(14-20)40-16-23-28(34-41-29(23)18-6-7-18)27-24(32)3-2-4-25(27)33/h2-5,8,13,18,20-22H,6-7,9-12,14-16H2,1H3/t20-,21+,22?. The summed E-state index contributed by atoms with van der Waals surface area (Å²) in [6.07, 6.45) is 5.69. The highest BCUT2D eigenvalue weighted by Gasteiger charge is 2.46. The van der Waals surface area contributed by atoms with E-state index in [1.165, 1.54) is 25.3 Å². The Morgan fingerprint density at radius 1 is 1.05 bits per heavy atom. The molecule has 2 amide bonds. The molecule has 3 fully saturated rings. The molecule has 0 N–H and O–H groups in total. The monoisotopic (exact) mass is 563 g/mol. The Bertz CT molecular complexity index is 1490. The van der Waals surface area contributed by atoms with Gasteiger partial charge in [0.25, 0.3) is 0 Å². The fourth-order valence-corrected chi connectivity index (χ4v) is 6.79. The Balaban J connectivity index is 1.07. The van der Waals surface area contributed by atoms with Crippen LogP contribution in [0, 0.1) is 11.6 Å². The molecule has 3 aliphatic heterocycles. The molecular formula is C31H31F2N3O5. The van der Waals surface area contributed by atoms with Gasteiger partial charge in [0.15, 0.2) is 0 Å². The maximum Gasteiger partial charge on any atom is 0.337 e. The van der Waals surface area contributed by atoms with E-state index >= 15 is 0 Å². The van der Waals surface area contributed by atoms with Gasteiger partial charge in [0.2, 0.25) is 0 Å². The molecule has 4 heterocycles. The van der Waals surface area contributed by atoms with Crippen LogP contribution >= 0.6 is 0 Å². The van der Waals surface area contributed by atoms with Gasteiger partial charge in [-0.15, -0.1) is 0 Å². The van der Waals surface area contributed by atoms with Crippen LogP contribution in [-0.2, 0) is 22.5 Å². The number of nitrogens with zero attached hydrogens (tertiary/aromatic N) is 3. The minimum Gasteiger partial charge on any atom is -0.465 e. The average molecular weight is 564 g/mol. The summed E-state index contributed by atoms with van der Waals surface area (Å²) >= 11 is 0. The second-order valence-corrected chi connectivity index (χ2v) is 11.5. The second kappa shape index (κ2) is 10.2. The average Bonchev–Trinajstić information content (AvgIpc) is 3.50. The molecule has 10 heteroatoms. The first kappa shape index (κ1) is 26.1. The first-order valence-electron chi connectivity index (χ1n) is 14.3. The van der Waals surface area contributed by atoms with Gasteiger partial charge in [-0.3, -0.25) is 4.90 Å². The Kier molecular flexibility index (Phi) is 6.53. The Labute approximate surface area is 236 Å². The minimum atomic E-state index is -0.686. The van der Waals surface area contributed by atoms with Gasteiger partial charge in [-0.2, -0.15) is 0 Å². The number of amides is 2. The summed E-state index contributed by atoms with van der Waals surface area (Å²) in [6, 6.07) is 9.17. The van der Waals surface area contributed by atoms with Crippen molar-refractivity contribution >= 4 is 17.7 Å². The highest BCUT2D eigenvalue weighted by atomic mass is 19.1. The second-order valence-electron chi connectivity index (χ2n) is 11.5. The number of carbonyl (C=O) groups is 2. The zero-order valence-electron chi connectivity index (χ0n) is 22.8. The summed E-state index contributed by atoms with van der Waals surface area (Å²) < 4.78 is 46.1. The van der Waals surface area contributed by atoms with Gasteiger partial charge in [-0.25, -0.2) is 18.4 Å². The maximum atomic E-state index is 14.6. The van der Waals surface area contributed by atoms with E-state index in [9.17, 15) is 18.4 Å². The number of hydrogen-bond donors (Lipinski definition) is 0. The molecule has 3 aromatic rings. The molecule has 2 aromatic carbocycles. The van der Waals surface area contributed by atoms with E-state index in [0.29, 0.717) is 36.3 Å². The third-order valence-electron chi connectivity index (χ3n) is 8.97. The molecule has 8 nitrogen and oxygen atoms in total. The number of piperidine rings is 1. The fraction of sp³-hybridized carbons (Fsp3) is 0.452. The van der Waals surface area contributed by atoms with E-state index in [2.05, 4.69) is 5.16 Å². The van der Waals surface area contributed by atoms with E-state index in [-0.39, 0.29) is 48.0 Å². The van der Waals surface area contributed by atoms with E-state index in [1.807, 2.05) is 11.0 Å². The van der Waals surface area contributed by atoms with Crippen LogP contribution < -0.4 is 4.90 Å². The SMILES string of the molecule is COC(=O)c1ccc2c(c1)N(C(=O)N1[C@@H]3CC[C@H]1CC(OCc1c(-c4c(F)cccc4F)noc1C1CC1)C3)CC2. The molecule has 1 unspecified atom stereocenters. The van der Waals surface area contributed by atoms with Gasteiger partial charge in [0.05, 0.1) is 30.9 Å². The lowest BCUT2D eigenvalue weighted by Crippen LogP contribution is -2.53. The molecule has 2 saturated heterocycles. The zero-order chi connectivity index (χ0) is 28.2. The molecule has 0 spiro atoms. The predicted molar refractivity (Wildman–Crippen MR) is 145 cm³/mol. The van der Waals surface area contributed by atoms with Crippen molar-refractivity contribution in [2.24, 2.45) is 0 Å². The topological polar surface area (TPSA) is 85.1 Å². The van der Waals surface area contributed by atoms with Crippen LogP contribution in [0.3, 0.4) is 0 Å². The lowest BCUT2D eigenvalue weighted by molar-refractivity contribution is -0.0164. The Morgan fingerprint density at radius 2 is 1.78 bits per heavy atom. The molecule has 1 saturated carbocycles. The Morgan fingerprint density at radius 3 is 2.46 bits per heavy atom. The number of hydrogen-bond acceptors (Lipinski definition) is 6. The van der Waals surface area contributed by atoms with Gasteiger partial charge >= 0.3 is 12.0 Å². The highest BCUT2D eigenvalue weighted by molar-refractivity contribution is 5.97. The third-order valence-corrected chi connectivity index (χ3v) is 8.97. The van der Waals surface area contributed by atoms with Crippen molar-refractivity contribution < 1.29 is 32.4 Å². The molecule has 1 aliphatic carbocycles. The predicted octanol–water partition coefficient (Wildman–Crippen LogP) is 5.98. The smallest absolute Gasteiger partial charge is 0.337 e. The first-order valence-corrected chi connectivity index (χ1v) is 14.3. The van der Waals surface area contributed by atoms with Crippen LogP contribution in [-0.4, -0.2) is 53.9 Å². The number of carbonyl (C=O) groups excluding carboxylic acids is 2. The molecule has 7 rings (SSSR count). The zero-order valence-corrected chi connectivity index (χ0v) is 22.8. The quantitative estimate of drug-likeness (QED) is 0.343. The van der Waals surface area contributed by atoms with Crippen LogP contribution in [0.1, 0.15) is 71.7 Å². The fourth-order valence-electron chi connectivity index (χ4n) is 6.79. The van der Waals surface area contributed by atoms with Crippen LogP contribution in [0.25, 0.3) is 11.3 Å². The molecule has 41 heavy (non-hydrogen) atoms. The van der Waals surface area contributed by atoms with Crippen LogP contribution in [0.4, 0.5) is 19.3 Å². The largest absolute Gasteiger partial charge is 0.465 e. The molecule has 0 radical (unpaired) electrons. The number of esters is 1. The van der Waals surface area contributed by atoms with E-state index < -0.39 is 17.6 Å². The molecule has 4 aliphatic rings. The summed E-state index contributed by atoms with van der Waals surface area (Å²) in [5.41, 5.74) is 2.82. The summed E-state index contributed by atoms with van der Waals surface area (Å²) in [5.74, 6) is -0.952. The normalized spacial score (nSPS) is 23.1. The van der Waals surface area contributed by atoms with Crippen LogP contribution in [0.15, 0.2) is 40.9 Å². The van der Waals surface area contributed by atoms with Gasteiger partial charge in [-0.1, -0.05) is 17.3 Å². The van der Waals surface area contributed by atoms with Crippen molar-refractivity contribution in [3.8, 4) is 11.3 Å². The number of urea groups is 1. The maximum absolute atomic E-state index is 14.6. The number of methoxy groups -OCH3 is 1. The lowest BCUT2D eigenvalue weighted by Gasteiger charge is -2.40. The molecular weight excluding hydrogens is 532 g/mol. The summed E-state index contributed by atoms with van der Waals surface area (Å²) in [6.45, 7) is 0.716. The minimum absolute atomic E-state index is 0.0351. The van der Waals surface area contributed by atoms with Crippen molar-refractivity contribution in [2.45, 2.75) is 75.7 Å². The molecule has 3 atom stereocenters. The lowest BCUT2D eigenvalue weighted by atomic mass is 9.99. The van der Waals surface area contributed by atoms with E-state index in [0.717, 1.165) is 43.4 Å². The Hall–Kier alpha value is -3.79. The van der Waals surface area contributed by atoms with Crippen molar-refractivity contribution in [1.82, 2.24) is 10.1 Å². The highest BCUT2D eigenvalue weighted by Crippen LogP contribution is 2.46. The van der Waals surface area contributed by atoms with Crippen molar-refractivity contribution in [1.29, 1.82) is 0 Å². The number of anilines is 1. The summed E-state index contributed by atoms with van der Waals surface area (Å²) in [4.78, 5) is 29.7. The molecule has 2 bridgehead atoms.